The number of hydrogen-bond acceptors (Lipinski definition) is 6. The molecule has 0 radical (unpaired) electrons. The second kappa shape index (κ2) is 7.19. The van der Waals surface area contributed by atoms with Gasteiger partial charge in [0.25, 0.3) is 0 Å². The van der Waals surface area contributed by atoms with Crippen molar-refractivity contribution in [3.05, 3.63) is 5.89 Å². The largest absolute Gasteiger partial charge is 0.407 e. The quantitative estimate of drug-likeness (QED) is 0.659. The molecule has 0 aliphatic carbocycles. The van der Waals surface area contributed by atoms with Gasteiger partial charge in [-0.15, -0.1) is 5.10 Å². The third-order valence-electron chi connectivity index (χ3n) is 2.15. The Bertz CT molecular complexity index is 290. The molecule has 0 bridgehead atoms. The summed E-state index contributed by atoms with van der Waals surface area (Å²) in [5, 5.41) is 11.1. The van der Waals surface area contributed by atoms with Crippen LogP contribution in [0.5, 0.6) is 0 Å². The van der Waals surface area contributed by atoms with E-state index in [-0.39, 0.29) is 0 Å². The standard InChI is InChI=1S/C10H20N4O2/c1-4-11-8-9-12-13-10(16-9)14(2)6-5-7-15-3/h11H,4-8H2,1-3H3. The molecule has 1 rings (SSSR count). The topological polar surface area (TPSA) is 63.4 Å². The molecule has 1 aromatic heterocycles. The molecule has 0 amide bonds. The van der Waals surface area contributed by atoms with E-state index >= 15 is 0 Å². The maximum atomic E-state index is 5.48. The summed E-state index contributed by atoms with van der Waals surface area (Å²) in [6.45, 7) is 5.13. The molecule has 0 aromatic carbocycles. The van der Waals surface area contributed by atoms with E-state index in [2.05, 4.69) is 15.5 Å². The van der Waals surface area contributed by atoms with Gasteiger partial charge >= 0.3 is 6.01 Å². The Morgan fingerprint density at radius 3 is 2.94 bits per heavy atom. The monoisotopic (exact) mass is 228 g/mol. The Morgan fingerprint density at radius 2 is 2.25 bits per heavy atom. The minimum Gasteiger partial charge on any atom is -0.407 e. The summed E-state index contributed by atoms with van der Waals surface area (Å²) in [7, 11) is 3.63. The molecule has 0 spiro atoms. The highest BCUT2D eigenvalue weighted by atomic mass is 16.5. The van der Waals surface area contributed by atoms with Gasteiger partial charge in [-0.1, -0.05) is 12.0 Å². The number of methoxy groups -OCH3 is 1. The van der Waals surface area contributed by atoms with Crippen LogP contribution in [0.3, 0.4) is 0 Å². The minimum atomic E-state index is 0.559. The Hall–Kier alpha value is -1.14. The van der Waals surface area contributed by atoms with Crippen LogP contribution in [-0.4, -0.2) is 44.1 Å². The number of rotatable bonds is 8. The molecule has 1 aromatic rings. The summed E-state index contributed by atoms with van der Waals surface area (Å²) < 4.78 is 10.5. The molecule has 1 N–H and O–H groups in total. The highest BCUT2D eigenvalue weighted by molar-refractivity contribution is 5.21. The number of nitrogens with one attached hydrogen (secondary N) is 1. The summed E-state index contributed by atoms with van der Waals surface area (Å²) in [5.41, 5.74) is 0. The molecule has 0 saturated carbocycles. The van der Waals surface area contributed by atoms with E-state index in [0.717, 1.165) is 26.1 Å². The summed E-state index contributed by atoms with van der Waals surface area (Å²) in [4.78, 5) is 1.93. The van der Waals surface area contributed by atoms with Gasteiger partial charge in [-0.2, -0.15) is 0 Å². The molecule has 0 atom stereocenters. The first-order valence-corrected chi connectivity index (χ1v) is 5.51. The summed E-state index contributed by atoms with van der Waals surface area (Å²) in [5.74, 6) is 0.621. The predicted molar refractivity (Wildman–Crippen MR) is 61.4 cm³/mol. The van der Waals surface area contributed by atoms with Gasteiger partial charge in [0, 0.05) is 27.3 Å². The number of anilines is 1. The molecule has 0 unspecified atom stereocenters. The van der Waals surface area contributed by atoms with Gasteiger partial charge in [0.1, 0.15) is 0 Å². The third kappa shape index (κ3) is 4.16. The molecule has 0 saturated heterocycles. The van der Waals surface area contributed by atoms with E-state index in [1.165, 1.54) is 0 Å². The van der Waals surface area contributed by atoms with Crippen LogP contribution in [0.1, 0.15) is 19.2 Å². The molecule has 0 aliphatic heterocycles. The normalized spacial score (nSPS) is 10.7. The van der Waals surface area contributed by atoms with Crippen molar-refractivity contribution in [2.45, 2.75) is 19.9 Å². The average Bonchev–Trinajstić information content (AvgIpc) is 2.75. The van der Waals surface area contributed by atoms with Crippen molar-refractivity contribution in [2.24, 2.45) is 0 Å². The van der Waals surface area contributed by atoms with Crippen LogP contribution >= 0.6 is 0 Å². The smallest absolute Gasteiger partial charge is 0.317 e. The van der Waals surface area contributed by atoms with Gasteiger partial charge in [0.05, 0.1) is 6.54 Å². The van der Waals surface area contributed by atoms with Crippen LogP contribution in [0.4, 0.5) is 6.01 Å². The Kier molecular flexibility index (Phi) is 5.81. The fraction of sp³-hybridized carbons (Fsp3) is 0.800. The summed E-state index contributed by atoms with van der Waals surface area (Å²) in [6.07, 6.45) is 0.942. The van der Waals surface area contributed by atoms with Crippen molar-refractivity contribution in [3.63, 3.8) is 0 Å². The Labute approximate surface area is 96.0 Å². The van der Waals surface area contributed by atoms with Crippen molar-refractivity contribution in [1.82, 2.24) is 15.5 Å². The first-order valence-electron chi connectivity index (χ1n) is 5.51. The highest BCUT2D eigenvalue weighted by Gasteiger charge is 2.09. The van der Waals surface area contributed by atoms with Crippen LogP contribution in [0.15, 0.2) is 4.42 Å². The van der Waals surface area contributed by atoms with Gasteiger partial charge < -0.3 is 19.4 Å². The van der Waals surface area contributed by atoms with E-state index in [0.29, 0.717) is 18.5 Å². The lowest BCUT2D eigenvalue weighted by Crippen LogP contribution is -2.20. The lowest BCUT2D eigenvalue weighted by molar-refractivity contribution is 0.196. The van der Waals surface area contributed by atoms with Crippen LogP contribution in [0.2, 0.25) is 0 Å². The maximum Gasteiger partial charge on any atom is 0.317 e. The molecule has 6 heteroatoms. The molecule has 1 heterocycles. The Morgan fingerprint density at radius 1 is 1.44 bits per heavy atom. The summed E-state index contributed by atoms with van der Waals surface area (Å²) in [6, 6.07) is 0.559. The fourth-order valence-corrected chi connectivity index (χ4v) is 1.24. The molecule has 92 valence electrons. The third-order valence-corrected chi connectivity index (χ3v) is 2.15. The minimum absolute atomic E-state index is 0.559. The molecule has 6 nitrogen and oxygen atoms in total. The van der Waals surface area contributed by atoms with Crippen molar-refractivity contribution in [3.8, 4) is 0 Å². The first-order chi connectivity index (χ1) is 7.77. The Balaban J connectivity index is 2.37. The predicted octanol–water partition coefficient (Wildman–Crippen LogP) is 0.652. The summed E-state index contributed by atoms with van der Waals surface area (Å²) >= 11 is 0. The fourth-order valence-electron chi connectivity index (χ4n) is 1.24. The van der Waals surface area contributed by atoms with Crippen LogP contribution < -0.4 is 10.2 Å². The SMILES string of the molecule is CCNCc1nnc(N(C)CCCOC)o1. The molecule has 0 fully saturated rings. The molecular weight excluding hydrogens is 208 g/mol. The van der Waals surface area contributed by atoms with Crippen LogP contribution in [-0.2, 0) is 11.3 Å². The van der Waals surface area contributed by atoms with E-state index < -0.39 is 0 Å². The molecule has 16 heavy (non-hydrogen) atoms. The zero-order valence-electron chi connectivity index (χ0n) is 10.2. The van der Waals surface area contributed by atoms with E-state index in [1.807, 2.05) is 18.9 Å². The van der Waals surface area contributed by atoms with Gasteiger partial charge in [-0.3, -0.25) is 0 Å². The second-order valence-corrected chi connectivity index (χ2v) is 3.53. The van der Waals surface area contributed by atoms with Crippen LogP contribution in [0, 0.1) is 0 Å². The second-order valence-electron chi connectivity index (χ2n) is 3.53. The lowest BCUT2D eigenvalue weighted by Gasteiger charge is -2.12. The van der Waals surface area contributed by atoms with E-state index in [4.69, 9.17) is 9.15 Å². The van der Waals surface area contributed by atoms with Gasteiger partial charge in [-0.25, -0.2) is 0 Å². The number of aromatic nitrogens is 2. The maximum absolute atomic E-state index is 5.48. The van der Waals surface area contributed by atoms with Crippen molar-refractivity contribution < 1.29 is 9.15 Å². The zero-order chi connectivity index (χ0) is 11.8. The number of hydrogen-bond donors (Lipinski definition) is 1. The molecule has 0 aliphatic rings. The van der Waals surface area contributed by atoms with Gasteiger partial charge in [-0.05, 0) is 13.0 Å². The van der Waals surface area contributed by atoms with E-state index in [1.54, 1.807) is 7.11 Å². The van der Waals surface area contributed by atoms with Crippen molar-refractivity contribution in [2.75, 3.05) is 38.8 Å². The highest BCUT2D eigenvalue weighted by Crippen LogP contribution is 2.10. The number of nitrogens with zero attached hydrogens (tertiary/aromatic N) is 3. The first kappa shape index (κ1) is 12.9. The lowest BCUT2D eigenvalue weighted by atomic mass is 10.4. The number of ether oxygens (including phenoxy) is 1. The van der Waals surface area contributed by atoms with Crippen LogP contribution in [0.25, 0.3) is 0 Å². The molecular formula is C10H20N4O2. The average molecular weight is 228 g/mol. The van der Waals surface area contributed by atoms with Gasteiger partial charge in [0.2, 0.25) is 5.89 Å². The van der Waals surface area contributed by atoms with Gasteiger partial charge in [0.15, 0.2) is 0 Å². The van der Waals surface area contributed by atoms with Crippen molar-refractivity contribution in [1.29, 1.82) is 0 Å². The van der Waals surface area contributed by atoms with Crippen molar-refractivity contribution >= 4 is 6.01 Å². The van der Waals surface area contributed by atoms with E-state index in [9.17, 15) is 0 Å². The zero-order valence-corrected chi connectivity index (χ0v) is 10.2.